The third kappa shape index (κ3) is 4.74. The first-order chi connectivity index (χ1) is 14.5. The Kier molecular flexibility index (Phi) is 5.84. The lowest BCUT2D eigenvalue weighted by Gasteiger charge is -2.27. The molecule has 1 aromatic carbocycles. The van der Waals surface area contributed by atoms with E-state index >= 15 is 0 Å². The molecule has 1 N–H and O–H groups in total. The molecule has 9 nitrogen and oxygen atoms in total. The van der Waals surface area contributed by atoms with Crippen molar-refractivity contribution in [3.8, 4) is 11.8 Å². The van der Waals surface area contributed by atoms with Gasteiger partial charge in [0.05, 0.1) is 17.7 Å². The van der Waals surface area contributed by atoms with Crippen molar-refractivity contribution in [2.24, 2.45) is 0 Å². The van der Waals surface area contributed by atoms with Crippen molar-refractivity contribution in [2.45, 2.75) is 45.3 Å². The Bertz CT molecular complexity index is 1040. The quantitative estimate of drug-likeness (QED) is 0.565. The van der Waals surface area contributed by atoms with Gasteiger partial charge in [0.15, 0.2) is 0 Å². The zero-order chi connectivity index (χ0) is 22.9. The molecule has 1 aromatic rings. The minimum atomic E-state index is -1.01. The zero-order valence-electron chi connectivity index (χ0n) is 17.8. The molecule has 0 spiro atoms. The van der Waals surface area contributed by atoms with Crippen LogP contribution < -0.4 is 5.32 Å². The first kappa shape index (κ1) is 22.0. The topological polar surface area (TPSA) is 113 Å². The normalized spacial score (nSPS) is 18.2. The van der Waals surface area contributed by atoms with Crippen molar-refractivity contribution in [3.05, 3.63) is 34.9 Å². The molecule has 2 heterocycles. The van der Waals surface area contributed by atoms with E-state index in [2.05, 4.69) is 17.2 Å². The van der Waals surface area contributed by atoms with Gasteiger partial charge in [-0.25, -0.2) is 4.79 Å². The number of nitrogens with zero attached hydrogens (tertiary/aromatic N) is 2. The molecule has 0 aromatic heterocycles. The molecule has 1 unspecified atom stereocenters. The third-order valence-corrected chi connectivity index (χ3v) is 4.69. The summed E-state index contributed by atoms with van der Waals surface area (Å²) >= 11 is 0. The molecule has 0 saturated carbocycles. The summed E-state index contributed by atoms with van der Waals surface area (Å²) in [5, 5.41) is 2.16. The lowest BCUT2D eigenvalue weighted by Crippen LogP contribution is -2.54. The number of fused-ring (bicyclic) bond motifs is 1. The summed E-state index contributed by atoms with van der Waals surface area (Å²) in [5.41, 5.74) is 0.218. The summed E-state index contributed by atoms with van der Waals surface area (Å²) in [6, 6.07) is 3.56. The molecule has 5 amide bonds. The molecular formula is C22H23N3O6. The molecule has 0 radical (unpaired) electrons. The average Bonchev–Trinajstić information content (AvgIpc) is 2.91. The van der Waals surface area contributed by atoms with Crippen LogP contribution in [0.4, 0.5) is 4.79 Å². The van der Waals surface area contributed by atoms with Crippen LogP contribution in [-0.4, -0.2) is 64.8 Å². The molecule has 1 saturated heterocycles. The fourth-order valence-electron chi connectivity index (χ4n) is 3.21. The number of imide groups is 2. The molecule has 2 aliphatic rings. The zero-order valence-corrected chi connectivity index (χ0v) is 17.8. The van der Waals surface area contributed by atoms with Crippen LogP contribution in [0.3, 0.4) is 0 Å². The number of hydrogen-bond acceptors (Lipinski definition) is 6. The highest BCUT2D eigenvalue weighted by molar-refractivity contribution is 6.23. The molecular weight excluding hydrogens is 402 g/mol. The van der Waals surface area contributed by atoms with E-state index in [1.807, 2.05) is 0 Å². The number of carbonyl (C=O) groups is 5. The smallest absolute Gasteiger partial charge is 0.410 e. The van der Waals surface area contributed by atoms with Crippen molar-refractivity contribution in [1.82, 2.24) is 15.1 Å². The van der Waals surface area contributed by atoms with E-state index < -0.39 is 41.4 Å². The molecule has 1 atom stereocenters. The van der Waals surface area contributed by atoms with Gasteiger partial charge in [-0.2, -0.15) is 0 Å². The van der Waals surface area contributed by atoms with Gasteiger partial charge < -0.3 is 9.64 Å². The third-order valence-electron chi connectivity index (χ3n) is 4.69. The molecule has 31 heavy (non-hydrogen) atoms. The van der Waals surface area contributed by atoms with Crippen molar-refractivity contribution < 1.29 is 28.7 Å². The average molecular weight is 425 g/mol. The summed E-state index contributed by atoms with van der Waals surface area (Å²) < 4.78 is 5.25. The van der Waals surface area contributed by atoms with Crippen LogP contribution in [0.1, 0.15) is 59.9 Å². The van der Waals surface area contributed by atoms with Crippen LogP contribution in [-0.2, 0) is 14.3 Å². The number of carbonyl (C=O) groups excluding carboxylic acids is 5. The number of piperidine rings is 1. The number of nitrogens with one attached hydrogen (secondary N) is 1. The first-order valence-corrected chi connectivity index (χ1v) is 9.76. The second kappa shape index (κ2) is 8.22. The van der Waals surface area contributed by atoms with Crippen molar-refractivity contribution in [2.75, 3.05) is 13.6 Å². The summed E-state index contributed by atoms with van der Waals surface area (Å²) in [6.07, 6.45) is -0.345. The fraction of sp³-hybridized carbons (Fsp3) is 0.409. The van der Waals surface area contributed by atoms with E-state index in [4.69, 9.17) is 4.74 Å². The lowest BCUT2D eigenvalue weighted by molar-refractivity contribution is -0.136. The number of rotatable bonds is 2. The lowest BCUT2D eigenvalue weighted by atomic mass is 10.0. The van der Waals surface area contributed by atoms with Gasteiger partial charge >= 0.3 is 6.09 Å². The molecule has 1 fully saturated rings. The predicted molar refractivity (Wildman–Crippen MR) is 109 cm³/mol. The van der Waals surface area contributed by atoms with Crippen molar-refractivity contribution in [3.63, 3.8) is 0 Å². The number of hydrogen-bond donors (Lipinski definition) is 1. The van der Waals surface area contributed by atoms with Crippen molar-refractivity contribution >= 4 is 29.7 Å². The molecule has 2 aliphatic heterocycles. The second-order valence-corrected chi connectivity index (χ2v) is 8.35. The van der Waals surface area contributed by atoms with Gasteiger partial charge in [-0.15, -0.1) is 0 Å². The van der Waals surface area contributed by atoms with Crippen LogP contribution >= 0.6 is 0 Å². The van der Waals surface area contributed by atoms with Gasteiger partial charge in [0.1, 0.15) is 11.6 Å². The molecule has 162 valence electrons. The monoisotopic (exact) mass is 425 g/mol. The number of ether oxygens (including phenoxy) is 1. The Hall–Kier alpha value is -3.67. The second-order valence-electron chi connectivity index (χ2n) is 8.35. The summed E-state index contributed by atoms with van der Waals surface area (Å²) in [7, 11) is 1.56. The Morgan fingerprint density at radius 3 is 2.52 bits per heavy atom. The van der Waals surface area contributed by atoms with E-state index in [1.165, 1.54) is 17.0 Å². The van der Waals surface area contributed by atoms with E-state index in [9.17, 15) is 24.0 Å². The van der Waals surface area contributed by atoms with Crippen molar-refractivity contribution in [1.29, 1.82) is 0 Å². The molecule has 3 rings (SSSR count). The van der Waals surface area contributed by atoms with Gasteiger partial charge in [0.2, 0.25) is 11.8 Å². The predicted octanol–water partition coefficient (Wildman–Crippen LogP) is 1.31. The maximum Gasteiger partial charge on any atom is 0.410 e. The summed E-state index contributed by atoms with van der Waals surface area (Å²) in [6.45, 7) is 5.42. The number of amides is 5. The van der Waals surface area contributed by atoms with Gasteiger partial charge in [0.25, 0.3) is 11.8 Å². The largest absolute Gasteiger partial charge is 0.444 e. The first-order valence-electron chi connectivity index (χ1n) is 9.76. The highest BCUT2D eigenvalue weighted by atomic mass is 16.6. The van der Waals surface area contributed by atoms with Crippen LogP contribution in [0.15, 0.2) is 18.2 Å². The molecule has 9 heteroatoms. The van der Waals surface area contributed by atoms with E-state index in [-0.39, 0.29) is 30.5 Å². The SMILES string of the molecule is CN(CC#Cc1ccc2c(c1)C(=O)N(C1CCC(=O)NC1=O)C2=O)C(=O)OC(C)(C)C. The van der Waals surface area contributed by atoms with Crippen LogP contribution in [0.5, 0.6) is 0 Å². The Morgan fingerprint density at radius 1 is 1.19 bits per heavy atom. The number of benzene rings is 1. The highest BCUT2D eigenvalue weighted by Crippen LogP contribution is 2.28. The highest BCUT2D eigenvalue weighted by Gasteiger charge is 2.44. The summed E-state index contributed by atoms with van der Waals surface area (Å²) in [5.74, 6) is 3.45. The summed E-state index contributed by atoms with van der Waals surface area (Å²) in [4.78, 5) is 63.1. The van der Waals surface area contributed by atoms with Crippen LogP contribution in [0, 0.1) is 11.8 Å². The van der Waals surface area contributed by atoms with Crippen LogP contribution in [0.2, 0.25) is 0 Å². The van der Waals surface area contributed by atoms with E-state index in [0.29, 0.717) is 5.56 Å². The van der Waals surface area contributed by atoms with Crippen LogP contribution in [0.25, 0.3) is 0 Å². The van der Waals surface area contributed by atoms with E-state index in [1.54, 1.807) is 33.9 Å². The standard InChI is InChI=1S/C22H23N3O6/c1-22(2,3)31-21(30)24(4)11-5-6-13-7-8-14-15(12-13)20(29)25(19(14)28)16-9-10-17(26)23-18(16)27/h7-8,12,16H,9-11H2,1-4H3,(H,23,26,27). The Labute approximate surface area is 179 Å². The fourth-order valence-corrected chi connectivity index (χ4v) is 3.21. The maximum atomic E-state index is 12.8. The minimum Gasteiger partial charge on any atom is -0.444 e. The molecule has 0 aliphatic carbocycles. The Balaban J connectivity index is 1.73. The van der Waals surface area contributed by atoms with Gasteiger partial charge in [0, 0.05) is 19.0 Å². The minimum absolute atomic E-state index is 0.0612. The van der Waals surface area contributed by atoms with Gasteiger partial charge in [-0.3, -0.25) is 29.4 Å². The Morgan fingerprint density at radius 2 is 1.87 bits per heavy atom. The maximum absolute atomic E-state index is 12.8. The van der Waals surface area contributed by atoms with Gasteiger partial charge in [-0.05, 0) is 45.4 Å². The molecule has 0 bridgehead atoms. The van der Waals surface area contributed by atoms with Gasteiger partial charge in [-0.1, -0.05) is 11.8 Å². The van der Waals surface area contributed by atoms with E-state index in [0.717, 1.165) is 4.90 Å².